The number of rotatable bonds is 3. The zero-order chi connectivity index (χ0) is 9.90. The topological polar surface area (TPSA) is 46.5 Å². The van der Waals surface area contributed by atoms with E-state index in [-0.39, 0.29) is 6.42 Å². The van der Waals surface area contributed by atoms with Crippen LogP contribution in [0.2, 0.25) is 0 Å². The van der Waals surface area contributed by atoms with E-state index in [0.29, 0.717) is 26.1 Å². The minimum absolute atomic E-state index is 0.0893. The van der Waals surface area contributed by atoms with Crippen LogP contribution < -0.4 is 0 Å². The van der Waals surface area contributed by atoms with Crippen molar-refractivity contribution in [1.29, 1.82) is 0 Å². The summed E-state index contributed by atoms with van der Waals surface area (Å²) in [5.41, 5.74) is -0.690. The molecule has 1 atom stereocenters. The molecule has 1 N–H and O–H groups in total. The fourth-order valence-corrected chi connectivity index (χ4v) is 1.79. The van der Waals surface area contributed by atoms with E-state index >= 15 is 0 Å². The van der Waals surface area contributed by atoms with Gasteiger partial charge in [0.1, 0.15) is 6.17 Å². The number of ether oxygens (including phenoxy) is 1. The van der Waals surface area contributed by atoms with E-state index in [1.54, 1.807) is 0 Å². The third-order valence-corrected chi connectivity index (χ3v) is 2.84. The first-order valence-electron chi connectivity index (χ1n) is 4.50. The molecule has 13 heavy (non-hydrogen) atoms. The molecule has 1 rings (SSSR count). The second-order valence-electron chi connectivity index (χ2n) is 3.66. The van der Waals surface area contributed by atoms with Crippen molar-refractivity contribution in [2.45, 2.75) is 32.4 Å². The molecule has 1 aliphatic heterocycles. The first-order valence-corrected chi connectivity index (χ1v) is 4.50. The van der Waals surface area contributed by atoms with Gasteiger partial charge in [0, 0.05) is 18.6 Å². The van der Waals surface area contributed by atoms with E-state index in [1.165, 1.54) is 6.92 Å². The summed E-state index contributed by atoms with van der Waals surface area (Å²) in [7, 11) is 0. The Labute approximate surface area is 76.9 Å². The molecule has 0 aromatic carbocycles. The molecule has 0 aliphatic carbocycles. The average molecular weight is 190 g/mol. The van der Waals surface area contributed by atoms with Crippen molar-refractivity contribution in [3.63, 3.8) is 0 Å². The molecule has 1 unspecified atom stereocenters. The number of hydrogen-bond acceptors (Lipinski definition) is 2. The van der Waals surface area contributed by atoms with Gasteiger partial charge in [0.15, 0.2) is 0 Å². The third kappa shape index (κ3) is 2.40. The highest BCUT2D eigenvalue weighted by Crippen LogP contribution is 2.39. The van der Waals surface area contributed by atoms with Crippen molar-refractivity contribution in [3.8, 4) is 0 Å². The van der Waals surface area contributed by atoms with Crippen LogP contribution in [-0.2, 0) is 9.53 Å². The summed E-state index contributed by atoms with van der Waals surface area (Å²) < 4.78 is 18.4. The van der Waals surface area contributed by atoms with Crippen LogP contribution in [0.25, 0.3) is 0 Å². The Kier molecular flexibility index (Phi) is 3.25. The zero-order valence-corrected chi connectivity index (χ0v) is 7.75. The first kappa shape index (κ1) is 10.4. The van der Waals surface area contributed by atoms with E-state index in [9.17, 15) is 9.18 Å². The molecule has 1 heterocycles. The SMILES string of the molecule is CC(F)C1(CC(=O)O)CCOCC1. The van der Waals surface area contributed by atoms with Gasteiger partial charge in [0.2, 0.25) is 0 Å². The van der Waals surface area contributed by atoms with Crippen molar-refractivity contribution in [3.05, 3.63) is 0 Å². The molecule has 0 radical (unpaired) electrons. The fourth-order valence-electron chi connectivity index (χ4n) is 1.79. The maximum Gasteiger partial charge on any atom is 0.304 e. The molecule has 0 amide bonds. The molecular weight excluding hydrogens is 175 g/mol. The Hall–Kier alpha value is -0.640. The van der Waals surface area contributed by atoms with E-state index in [4.69, 9.17) is 9.84 Å². The molecule has 3 nitrogen and oxygen atoms in total. The van der Waals surface area contributed by atoms with Crippen LogP contribution in [0, 0.1) is 5.41 Å². The van der Waals surface area contributed by atoms with Crippen LogP contribution in [0.3, 0.4) is 0 Å². The van der Waals surface area contributed by atoms with Gasteiger partial charge in [-0.1, -0.05) is 0 Å². The second kappa shape index (κ2) is 4.05. The molecule has 1 fully saturated rings. The second-order valence-corrected chi connectivity index (χ2v) is 3.66. The van der Waals surface area contributed by atoms with E-state index in [2.05, 4.69) is 0 Å². The number of carboxylic acids is 1. The molecule has 0 saturated carbocycles. The average Bonchev–Trinajstić information content (AvgIpc) is 2.04. The minimum Gasteiger partial charge on any atom is -0.481 e. The monoisotopic (exact) mass is 190 g/mol. The van der Waals surface area contributed by atoms with E-state index < -0.39 is 17.6 Å². The molecule has 0 aromatic heterocycles. The third-order valence-electron chi connectivity index (χ3n) is 2.84. The zero-order valence-electron chi connectivity index (χ0n) is 7.75. The Morgan fingerprint density at radius 1 is 1.62 bits per heavy atom. The van der Waals surface area contributed by atoms with Crippen molar-refractivity contribution in [2.24, 2.45) is 5.41 Å². The van der Waals surface area contributed by atoms with Gasteiger partial charge in [-0.3, -0.25) is 4.79 Å². The molecule has 76 valence electrons. The molecule has 1 saturated heterocycles. The molecule has 0 bridgehead atoms. The predicted molar refractivity (Wildman–Crippen MR) is 45.3 cm³/mol. The summed E-state index contributed by atoms with van der Waals surface area (Å²) in [6.07, 6.45) is -0.144. The minimum atomic E-state index is -1.08. The number of aliphatic carboxylic acids is 1. The first-order chi connectivity index (χ1) is 6.07. The maximum absolute atomic E-state index is 13.3. The highest BCUT2D eigenvalue weighted by Gasteiger charge is 2.40. The van der Waals surface area contributed by atoms with Gasteiger partial charge in [-0.2, -0.15) is 0 Å². The molecule has 4 heteroatoms. The summed E-state index contributed by atoms with van der Waals surface area (Å²) in [6.45, 7) is 2.39. The van der Waals surface area contributed by atoms with Gasteiger partial charge in [0.05, 0.1) is 6.42 Å². The smallest absolute Gasteiger partial charge is 0.304 e. The summed E-state index contributed by atoms with van der Waals surface area (Å²) >= 11 is 0. The van der Waals surface area contributed by atoms with Gasteiger partial charge in [-0.15, -0.1) is 0 Å². The standard InChI is InChI=1S/C9H15FO3/c1-7(10)9(6-8(11)12)2-4-13-5-3-9/h7H,2-6H2,1H3,(H,11,12). The summed E-state index contributed by atoms with van der Waals surface area (Å²) in [5, 5.41) is 8.67. The molecule has 1 aliphatic rings. The summed E-state index contributed by atoms with van der Waals surface area (Å²) in [4.78, 5) is 10.6. The van der Waals surface area contributed by atoms with Crippen LogP contribution in [0.15, 0.2) is 0 Å². The Balaban J connectivity index is 2.67. The number of hydrogen-bond donors (Lipinski definition) is 1. The van der Waals surface area contributed by atoms with E-state index in [1.807, 2.05) is 0 Å². The van der Waals surface area contributed by atoms with Crippen LogP contribution in [0.4, 0.5) is 4.39 Å². The number of alkyl halides is 1. The number of carbonyl (C=O) groups is 1. The quantitative estimate of drug-likeness (QED) is 0.735. The highest BCUT2D eigenvalue weighted by molar-refractivity contribution is 5.67. The van der Waals surface area contributed by atoms with Crippen LogP contribution in [0.1, 0.15) is 26.2 Å². The Morgan fingerprint density at radius 3 is 2.54 bits per heavy atom. The van der Waals surface area contributed by atoms with Gasteiger partial charge in [0.25, 0.3) is 0 Å². The van der Waals surface area contributed by atoms with Gasteiger partial charge in [-0.05, 0) is 19.8 Å². The van der Waals surface area contributed by atoms with Crippen LogP contribution in [-0.4, -0.2) is 30.5 Å². The molecular formula is C9H15FO3. The lowest BCUT2D eigenvalue weighted by atomic mass is 9.74. The van der Waals surface area contributed by atoms with Crippen molar-refractivity contribution < 1.29 is 19.0 Å². The van der Waals surface area contributed by atoms with Gasteiger partial charge in [-0.25, -0.2) is 4.39 Å². The Morgan fingerprint density at radius 2 is 2.15 bits per heavy atom. The predicted octanol–water partition coefficient (Wildman–Crippen LogP) is 1.62. The van der Waals surface area contributed by atoms with Crippen molar-refractivity contribution >= 4 is 5.97 Å². The number of halogens is 1. The lowest BCUT2D eigenvalue weighted by molar-refractivity contribution is -0.143. The van der Waals surface area contributed by atoms with Crippen LogP contribution >= 0.6 is 0 Å². The molecule has 0 spiro atoms. The summed E-state index contributed by atoms with van der Waals surface area (Å²) in [6, 6.07) is 0. The highest BCUT2D eigenvalue weighted by atomic mass is 19.1. The van der Waals surface area contributed by atoms with E-state index in [0.717, 1.165) is 0 Å². The van der Waals surface area contributed by atoms with Crippen LogP contribution in [0.5, 0.6) is 0 Å². The Bertz CT molecular complexity index is 185. The normalized spacial score (nSPS) is 23.8. The number of carboxylic acid groups (broad SMARTS) is 1. The lowest BCUT2D eigenvalue weighted by Crippen LogP contribution is -2.38. The molecule has 0 aromatic rings. The van der Waals surface area contributed by atoms with Crippen molar-refractivity contribution in [2.75, 3.05) is 13.2 Å². The van der Waals surface area contributed by atoms with Gasteiger partial charge >= 0.3 is 5.97 Å². The fraction of sp³-hybridized carbons (Fsp3) is 0.889. The maximum atomic E-state index is 13.3. The largest absolute Gasteiger partial charge is 0.481 e. The lowest BCUT2D eigenvalue weighted by Gasteiger charge is -2.37. The van der Waals surface area contributed by atoms with Crippen molar-refractivity contribution in [1.82, 2.24) is 0 Å². The summed E-state index contributed by atoms with van der Waals surface area (Å²) in [5.74, 6) is -0.925. The van der Waals surface area contributed by atoms with Gasteiger partial charge < -0.3 is 9.84 Å².